The van der Waals surface area contributed by atoms with E-state index in [9.17, 15) is 8.78 Å². The van der Waals surface area contributed by atoms with Crippen molar-refractivity contribution in [2.75, 3.05) is 17.3 Å². The molecule has 0 fully saturated rings. The van der Waals surface area contributed by atoms with Gasteiger partial charge < -0.3 is 11.5 Å². The van der Waals surface area contributed by atoms with Crippen molar-refractivity contribution in [3.63, 3.8) is 0 Å². The van der Waals surface area contributed by atoms with E-state index in [0.29, 0.717) is 21.7 Å². The van der Waals surface area contributed by atoms with E-state index in [1.165, 1.54) is 24.3 Å². The number of hydrogen-bond donors (Lipinski definition) is 3. The Kier molecular flexibility index (Phi) is 9.99. The van der Waals surface area contributed by atoms with Gasteiger partial charge in [0.1, 0.15) is 23.3 Å². The second kappa shape index (κ2) is 13.4. The maximum Gasteiger partial charge on any atom is 0.239 e. The van der Waals surface area contributed by atoms with Crippen LogP contribution in [0.3, 0.4) is 0 Å². The van der Waals surface area contributed by atoms with Gasteiger partial charge in [0.15, 0.2) is 0 Å². The van der Waals surface area contributed by atoms with Crippen molar-refractivity contribution in [1.29, 1.82) is 0 Å². The number of fused-ring (bicyclic) bond motifs is 1. The van der Waals surface area contributed by atoms with E-state index in [1.807, 2.05) is 4.68 Å². The third-order valence-electron chi connectivity index (χ3n) is 6.44. The van der Waals surface area contributed by atoms with E-state index in [4.69, 9.17) is 46.3 Å². The van der Waals surface area contributed by atoms with Crippen LogP contribution in [0.25, 0.3) is 0 Å². The number of benzene rings is 2. The molecule has 0 bridgehead atoms. The molecular formula is C26H31Cl3F2N8. The van der Waals surface area contributed by atoms with Gasteiger partial charge in [-0.3, -0.25) is 5.10 Å². The van der Waals surface area contributed by atoms with Crippen LogP contribution < -0.4 is 11.5 Å². The van der Waals surface area contributed by atoms with Crippen LogP contribution in [-0.4, -0.2) is 35.8 Å². The lowest BCUT2D eigenvalue weighted by molar-refractivity contribution is 0.576. The van der Waals surface area contributed by atoms with Gasteiger partial charge in [0.25, 0.3) is 0 Å². The molecule has 3 heterocycles. The maximum atomic E-state index is 13.5. The Bertz CT molecular complexity index is 1360. The maximum absolute atomic E-state index is 13.5. The zero-order valence-corrected chi connectivity index (χ0v) is 23.3. The van der Waals surface area contributed by atoms with Gasteiger partial charge in [-0.15, -0.1) is 21.8 Å². The number of anilines is 2. The van der Waals surface area contributed by atoms with Gasteiger partial charge in [-0.05, 0) is 73.2 Å². The van der Waals surface area contributed by atoms with E-state index < -0.39 is 0 Å². The lowest BCUT2D eigenvalue weighted by Crippen LogP contribution is -2.08. The zero-order chi connectivity index (χ0) is 27.9. The number of rotatable bonds is 7. The normalized spacial score (nSPS) is 15.7. The quantitative estimate of drug-likeness (QED) is 0.156. The number of aryl methyl sites for hydroxylation is 1. The summed E-state index contributed by atoms with van der Waals surface area (Å²) in [6.07, 6.45) is 5.51. The summed E-state index contributed by atoms with van der Waals surface area (Å²) in [5, 5.41) is 11.6. The highest BCUT2D eigenvalue weighted by molar-refractivity contribution is 6.30. The number of nitrogen functional groups attached to an aromatic ring is 2. The van der Waals surface area contributed by atoms with Crippen LogP contribution >= 0.6 is 34.8 Å². The third kappa shape index (κ3) is 7.80. The van der Waals surface area contributed by atoms with Gasteiger partial charge in [0.05, 0.1) is 0 Å². The number of H-pyrrole nitrogens is 1. The van der Waals surface area contributed by atoms with Gasteiger partial charge in [0.2, 0.25) is 11.9 Å². The predicted molar refractivity (Wildman–Crippen MR) is 152 cm³/mol. The van der Waals surface area contributed by atoms with E-state index >= 15 is 0 Å². The Morgan fingerprint density at radius 3 is 2.38 bits per heavy atom. The molecule has 1 aliphatic heterocycles. The van der Waals surface area contributed by atoms with Crippen molar-refractivity contribution in [3.05, 3.63) is 80.9 Å². The fourth-order valence-corrected chi connectivity index (χ4v) is 5.40. The number of nitrogens with two attached hydrogens (primary N) is 2. The average Bonchev–Trinajstić information content (AvgIpc) is 3.40. The fraction of sp³-hybridized carbons (Fsp3) is 0.385. The van der Waals surface area contributed by atoms with Crippen molar-refractivity contribution < 1.29 is 10.2 Å². The molecule has 0 radical (unpaired) electrons. The summed E-state index contributed by atoms with van der Waals surface area (Å²) < 4.78 is 28.9. The highest BCUT2D eigenvalue weighted by Crippen LogP contribution is 2.34. The summed E-state index contributed by atoms with van der Waals surface area (Å²) in [4.78, 5) is 8.43. The molecule has 2 aromatic heterocycles. The standard InChI is InChI=1S/C13H15Cl2FN4.C13H14ClFN4.H2/c14-4-2-1-3-11(12-18-13(17)20-19-12)8-5-9(15)7-10(16)6-8;14-9-5-8(6-10(15)7-9)11-3-1-2-4-19-12(11)17-13(16)18-19;/h5-7,11H,1-4H2,(H3,17,18,19,20);5-7,11H,1-4H2,(H2,16,18);1H. The van der Waals surface area contributed by atoms with E-state index in [-0.39, 0.29) is 36.8 Å². The molecule has 0 spiro atoms. The molecule has 5 N–H and O–H groups in total. The lowest BCUT2D eigenvalue weighted by atomic mass is 9.93. The molecule has 0 saturated carbocycles. The Labute approximate surface area is 241 Å². The SMILES string of the molecule is Nc1n[nH]c(C(CCCCCl)c2cc(F)cc(Cl)c2)n1.Nc1nc2n(n1)CCCCC2c1cc(F)cc(Cl)c1.[HH]. The number of unbranched alkanes of at least 4 members (excludes halogenated alkanes) is 1. The van der Waals surface area contributed by atoms with Crippen molar-refractivity contribution in [1.82, 2.24) is 29.9 Å². The van der Waals surface area contributed by atoms with Gasteiger partial charge >= 0.3 is 0 Å². The van der Waals surface area contributed by atoms with Crippen LogP contribution in [0.2, 0.25) is 10.0 Å². The van der Waals surface area contributed by atoms with Gasteiger partial charge in [-0.1, -0.05) is 36.0 Å². The van der Waals surface area contributed by atoms with Gasteiger partial charge in [-0.2, -0.15) is 9.97 Å². The summed E-state index contributed by atoms with van der Waals surface area (Å²) in [6.45, 7) is 0.805. The second-order valence-electron chi connectivity index (χ2n) is 9.32. The van der Waals surface area contributed by atoms with E-state index in [1.54, 1.807) is 12.1 Å². The molecule has 39 heavy (non-hydrogen) atoms. The van der Waals surface area contributed by atoms with Crippen LogP contribution in [0, 0.1) is 11.6 Å². The minimum atomic E-state index is -0.373. The van der Waals surface area contributed by atoms with Crippen molar-refractivity contribution in [2.24, 2.45) is 0 Å². The number of alkyl halides is 1. The predicted octanol–water partition coefficient (Wildman–Crippen LogP) is 6.94. The smallest absolute Gasteiger partial charge is 0.239 e. The van der Waals surface area contributed by atoms with Crippen LogP contribution in [0.4, 0.5) is 20.7 Å². The number of aromatic amines is 1. The van der Waals surface area contributed by atoms with E-state index in [0.717, 1.165) is 62.0 Å². The average molecular weight is 600 g/mol. The molecule has 210 valence electrons. The first kappa shape index (κ1) is 29.0. The highest BCUT2D eigenvalue weighted by Gasteiger charge is 2.25. The van der Waals surface area contributed by atoms with Gasteiger partial charge in [0, 0.05) is 35.7 Å². The van der Waals surface area contributed by atoms with E-state index in [2.05, 4.69) is 25.3 Å². The van der Waals surface area contributed by atoms with Crippen LogP contribution in [-0.2, 0) is 6.54 Å². The Balaban J connectivity index is 0.000000215. The highest BCUT2D eigenvalue weighted by atomic mass is 35.5. The molecule has 2 aromatic carbocycles. The molecule has 0 aliphatic carbocycles. The van der Waals surface area contributed by atoms with Crippen molar-refractivity contribution in [2.45, 2.75) is 56.9 Å². The summed E-state index contributed by atoms with van der Waals surface area (Å²) in [6, 6.07) is 9.06. The zero-order valence-electron chi connectivity index (χ0n) is 21.1. The Morgan fingerprint density at radius 1 is 0.974 bits per heavy atom. The molecule has 1 aliphatic rings. The largest absolute Gasteiger partial charge is 0.367 e. The summed E-state index contributed by atoms with van der Waals surface area (Å²) in [5.41, 5.74) is 12.8. The molecule has 0 amide bonds. The van der Waals surface area contributed by atoms with Crippen LogP contribution in [0.5, 0.6) is 0 Å². The van der Waals surface area contributed by atoms with Crippen LogP contribution in [0.1, 0.15) is 74.6 Å². The first-order valence-electron chi connectivity index (χ1n) is 12.6. The second-order valence-corrected chi connectivity index (χ2v) is 10.6. The molecule has 4 aromatic rings. The third-order valence-corrected chi connectivity index (χ3v) is 7.15. The Hall–Kier alpha value is -2.95. The number of halogens is 5. The molecule has 2 atom stereocenters. The monoisotopic (exact) mass is 598 g/mol. The molecule has 0 saturated heterocycles. The number of aromatic nitrogens is 6. The number of nitrogens with zero attached hydrogens (tertiary/aromatic N) is 5. The summed E-state index contributed by atoms with van der Waals surface area (Å²) >= 11 is 17.5. The molecule has 2 unspecified atom stereocenters. The topological polar surface area (TPSA) is 124 Å². The fourth-order valence-electron chi connectivity index (χ4n) is 4.75. The number of nitrogens with one attached hydrogen (secondary N) is 1. The Morgan fingerprint density at radius 2 is 1.72 bits per heavy atom. The molecule has 8 nitrogen and oxygen atoms in total. The minimum Gasteiger partial charge on any atom is -0.367 e. The summed E-state index contributed by atoms with van der Waals surface area (Å²) in [5.74, 6) is 1.62. The van der Waals surface area contributed by atoms with Crippen molar-refractivity contribution >= 4 is 46.7 Å². The molecular weight excluding hydrogens is 569 g/mol. The molecule has 13 heteroatoms. The first-order valence-corrected chi connectivity index (χ1v) is 13.9. The van der Waals surface area contributed by atoms with Gasteiger partial charge in [-0.25, -0.2) is 13.5 Å². The number of hydrogen-bond acceptors (Lipinski definition) is 6. The first-order chi connectivity index (χ1) is 18.7. The van der Waals surface area contributed by atoms with Crippen molar-refractivity contribution in [3.8, 4) is 0 Å². The van der Waals surface area contributed by atoms with Crippen LogP contribution in [0.15, 0.2) is 36.4 Å². The minimum absolute atomic E-state index is 0. The summed E-state index contributed by atoms with van der Waals surface area (Å²) in [7, 11) is 0. The lowest BCUT2D eigenvalue weighted by Gasteiger charge is -2.15. The molecule has 5 rings (SSSR count).